The maximum atomic E-state index is 6.05. The Bertz CT molecular complexity index is 561. The Balaban J connectivity index is 1.55. The van der Waals surface area contributed by atoms with Crippen LogP contribution in [0.5, 0.6) is 0 Å². The minimum atomic E-state index is -0.399. The average Bonchev–Trinajstić information content (AvgIpc) is 2.78. The maximum absolute atomic E-state index is 6.05. The molecule has 2 aliphatic heterocycles. The highest BCUT2D eigenvalue weighted by Gasteiger charge is 2.51. The number of nitrogens with zero attached hydrogens (tertiary/aromatic N) is 3. The van der Waals surface area contributed by atoms with Crippen LogP contribution in [0.25, 0.3) is 0 Å². The molecular formula is C17H29BN4O2S. The van der Waals surface area contributed by atoms with Crippen molar-refractivity contribution in [2.75, 3.05) is 26.2 Å². The van der Waals surface area contributed by atoms with E-state index in [9.17, 15) is 0 Å². The van der Waals surface area contributed by atoms with Crippen molar-refractivity contribution in [2.24, 2.45) is 5.73 Å². The van der Waals surface area contributed by atoms with Gasteiger partial charge in [0, 0.05) is 36.2 Å². The van der Waals surface area contributed by atoms with Crippen LogP contribution in [0.1, 0.15) is 40.5 Å². The normalized spacial score (nSPS) is 24.0. The molecule has 0 spiro atoms. The summed E-state index contributed by atoms with van der Waals surface area (Å²) in [7, 11) is -0.399. The number of hydrogen-bond donors (Lipinski definition) is 1. The number of nitrogens with two attached hydrogens (primary N) is 1. The van der Waals surface area contributed by atoms with E-state index in [2.05, 4.69) is 42.6 Å². The highest BCUT2D eigenvalue weighted by molar-refractivity contribution is 7.99. The molecule has 8 heteroatoms. The summed E-state index contributed by atoms with van der Waals surface area (Å²) in [6, 6.07) is 0. The molecule has 0 aliphatic carbocycles. The molecule has 2 saturated heterocycles. The van der Waals surface area contributed by atoms with Crippen LogP contribution < -0.4 is 11.2 Å². The average molecular weight is 364 g/mol. The van der Waals surface area contributed by atoms with Gasteiger partial charge in [-0.1, -0.05) is 11.8 Å². The molecule has 138 valence electrons. The van der Waals surface area contributed by atoms with Gasteiger partial charge in [0.25, 0.3) is 0 Å². The van der Waals surface area contributed by atoms with Gasteiger partial charge in [-0.2, -0.15) is 0 Å². The molecule has 2 N–H and O–H groups in total. The van der Waals surface area contributed by atoms with Crippen molar-refractivity contribution in [3.05, 3.63) is 12.4 Å². The van der Waals surface area contributed by atoms with Gasteiger partial charge < -0.3 is 19.9 Å². The number of hydrogen-bond acceptors (Lipinski definition) is 7. The fourth-order valence-electron chi connectivity index (χ4n) is 3.07. The van der Waals surface area contributed by atoms with E-state index >= 15 is 0 Å². The van der Waals surface area contributed by atoms with Gasteiger partial charge in [-0.05, 0) is 53.6 Å². The first kappa shape index (κ1) is 19.1. The first-order chi connectivity index (χ1) is 11.8. The van der Waals surface area contributed by atoms with Crippen molar-refractivity contribution in [1.82, 2.24) is 14.9 Å². The van der Waals surface area contributed by atoms with Crippen LogP contribution in [0.3, 0.4) is 0 Å². The molecule has 3 rings (SSSR count). The Morgan fingerprint density at radius 2 is 1.72 bits per heavy atom. The summed E-state index contributed by atoms with van der Waals surface area (Å²) in [5.74, 6) is 0. The van der Waals surface area contributed by atoms with Gasteiger partial charge >= 0.3 is 7.12 Å². The van der Waals surface area contributed by atoms with Crippen LogP contribution in [0, 0.1) is 0 Å². The van der Waals surface area contributed by atoms with Crippen molar-refractivity contribution < 1.29 is 9.31 Å². The van der Waals surface area contributed by atoms with E-state index < -0.39 is 7.12 Å². The summed E-state index contributed by atoms with van der Waals surface area (Å²) in [4.78, 5) is 11.5. The summed E-state index contributed by atoms with van der Waals surface area (Å²) >= 11 is 1.77. The summed E-state index contributed by atoms with van der Waals surface area (Å²) in [5.41, 5.74) is 5.82. The molecule has 2 fully saturated rings. The molecule has 6 nitrogen and oxygen atoms in total. The van der Waals surface area contributed by atoms with Gasteiger partial charge in [0.1, 0.15) is 0 Å². The minimum Gasteiger partial charge on any atom is -0.399 e. The van der Waals surface area contributed by atoms with Crippen molar-refractivity contribution >= 4 is 24.3 Å². The molecule has 2 aliphatic rings. The van der Waals surface area contributed by atoms with Crippen LogP contribution in [0.4, 0.5) is 0 Å². The second-order valence-electron chi connectivity index (χ2n) is 7.83. The Hall–Kier alpha value is -0.665. The lowest BCUT2D eigenvalue weighted by Gasteiger charge is -2.32. The first-order valence-corrected chi connectivity index (χ1v) is 9.95. The molecule has 0 unspecified atom stereocenters. The van der Waals surface area contributed by atoms with E-state index in [4.69, 9.17) is 15.0 Å². The predicted molar refractivity (Wildman–Crippen MR) is 102 cm³/mol. The van der Waals surface area contributed by atoms with Crippen molar-refractivity contribution in [1.29, 1.82) is 0 Å². The smallest absolute Gasteiger partial charge is 0.399 e. The molecule has 1 aromatic heterocycles. The Morgan fingerprint density at radius 3 is 2.24 bits per heavy atom. The lowest BCUT2D eigenvalue weighted by Crippen LogP contribution is -2.41. The molecule has 0 bridgehead atoms. The Morgan fingerprint density at radius 1 is 1.16 bits per heavy atom. The van der Waals surface area contributed by atoms with Gasteiger partial charge in [0.05, 0.1) is 11.2 Å². The molecule has 3 heterocycles. The highest BCUT2D eigenvalue weighted by Crippen LogP contribution is 2.36. The zero-order valence-corrected chi connectivity index (χ0v) is 16.5. The molecule has 0 amide bonds. The van der Waals surface area contributed by atoms with Gasteiger partial charge in [-0.3, -0.25) is 0 Å². The number of piperidine rings is 1. The van der Waals surface area contributed by atoms with Crippen molar-refractivity contribution in [3.8, 4) is 0 Å². The van der Waals surface area contributed by atoms with Crippen LogP contribution in [-0.4, -0.2) is 64.6 Å². The van der Waals surface area contributed by atoms with E-state index in [1.165, 1.54) is 0 Å². The number of rotatable bonds is 5. The summed E-state index contributed by atoms with van der Waals surface area (Å²) in [6.07, 6.45) is 5.99. The van der Waals surface area contributed by atoms with E-state index in [1.54, 1.807) is 11.8 Å². The molecule has 25 heavy (non-hydrogen) atoms. The van der Waals surface area contributed by atoms with Crippen LogP contribution in [0.2, 0.25) is 0 Å². The summed E-state index contributed by atoms with van der Waals surface area (Å²) in [6.45, 7) is 12.2. The lowest BCUT2D eigenvalue weighted by atomic mass is 9.81. The largest absolute Gasteiger partial charge is 0.498 e. The summed E-state index contributed by atoms with van der Waals surface area (Å²) in [5, 5.41) is 1.41. The molecule has 1 aromatic rings. The van der Waals surface area contributed by atoms with Gasteiger partial charge in [-0.15, -0.1) is 0 Å². The van der Waals surface area contributed by atoms with E-state index in [0.29, 0.717) is 5.25 Å². The van der Waals surface area contributed by atoms with Crippen LogP contribution >= 0.6 is 11.8 Å². The number of likely N-dealkylation sites (tertiary alicyclic amines) is 1. The zero-order valence-electron chi connectivity index (χ0n) is 15.7. The third-order valence-electron chi connectivity index (χ3n) is 5.43. The Kier molecular flexibility index (Phi) is 5.75. The molecular weight excluding hydrogens is 335 g/mol. The van der Waals surface area contributed by atoms with Crippen LogP contribution in [-0.2, 0) is 9.31 Å². The van der Waals surface area contributed by atoms with Gasteiger partial charge in [0.2, 0.25) is 0 Å². The second-order valence-corrected chi connectivity index (χ2v) is 9.10. The summed E-state index contributed by atoms with van der Waals surface area (Å²) < 4.78 is 12.1. The van der Waals surface area contributed by atoms with E-state index in [-0.39, 0.29) is 11.2 Å². The standard InChI is InChI=1S/C17H29BN4O2S/c1-16(2)17(3,4)24-18(23-16)13-11-20-15(21-12-13)25-14-5-8-22(9-6-14)10-7-19/h11-12,14H,5-10,19H2,1-4H3. The van der Waals surface area contributed by atoms with E-state index in [0.717, 1.165) is 49.6 Å². The van der Waals surface area contributed by atoms with Crippen molar-refractivity contribution in [3.63, 3.8) is 0 Å². The van der Waals surface area contributed by atoms with Crippen LogP contribution in [0.15, 0.2) is 17.6 Å². The zero-order chi connectivity index (χ0) is 18.1. The SMILES string of the molecule is CC1(C)OB(c2cnc(SC3CCN(CCN)CC3)nc2)OC1(C)C. The second kappa shape index (κ2) is 7.52. The topological polar surface area (TPSA) is 73.5 Å². The van der Waals surface area contributed by atoms with Gasteiger partial charge in [0.15, 0.2) is 5.16 Å². The molecule has 0 saturated carbocycles. The van der Waals surface area contributed by atoms with E-state index in [1.807, 2.05) is 12.4 Å². The maximum Gasteiger partial charge on any atom is 0.498 e. The number of aromatic nitrogens is 2. The lowest BCUT2D eigenvalue weighted by molar-refractivity contribution is 0.00578. The third kappa shape index (κ3) is 4.36. The quantitative estimate of drug-likeness (QED) is 0.623. The fourth-order valence-corrected chi connectivity index (χ4v) is 4.04. The fraction of sp³-hybridized carbons (Fsp3) is 0.765. The molecule has 0 aromatic carbocycles. The first-order valence-electron chi connectivity index (χ1n) is 9.07. The molecule has 0 radical (unpaired) electrons. The third-order valence-corrected chi connectivity index (χ3v) is 6.65. The predicted octanol–water partition coefficient (Wildman–Crippen LogP) is 1.29. The van der Waals surface area contributed by atoms with Gasteiger partial charge in [-0.25, -0.2) is 9.97 Å². The minimum absolute atomic E-state index is 0.345. The monoisotopic (exact) mass is 364 g/mol. The Labute approximate surface area is 155 Å². The number of thioether (sulfide) groups is 1. The molecule has 0 atom stereocenters. The highest BCUT2D eigenvalue weighted by atomic mass is 32.2. The van der Waals surface area contributed by atoms with Crippen molar-refractivity contribution in [2.45, 2.75) is 62.1 Å².